The molecule has 0 spiro atoms. The number of ether oxygens (including phenoxy) is 1. The van der Waals surface area contributed by atoms with Crippen LogP contribution in [-0.2, 0) is 18.7 Å². The summed E-state index contributed by atoms with van der Waals surface area (Å²) >= 11 is 0. The third kappa shape index (κ3) is 5.37. The van der Waals surface area contributed by atoms with Gasteiger partial charge in [0.25, 0.3) is 0 Å². The predicted molar refractivity (Wildman–Crippen MR) is 114 cm³/mol. The highest BCUT2D eigenvalue weighted by molar-refractivity contribution is 5.33. The molecule has 1 aromatic carbocycles. The molecule has 1 N–H and O–H groups in total. The minimum atomic E-state index is -1.09. The minimum Gasteiger partial charge on any atom is -0.496 e. The number of methoxy groups -OCH3 is 1. The van der Waals surface area contributed by atoms with E-state index in [9.17, 15) is 5.11 Å². The lowest BCUT2D eigenvalue weighted by atomic mass is 9.93. The molecule has 0 amide bonds. The molecule has 4 nitrogen and oxygen atoms in total. The van der Waals surface area contributed by atoms with Crippen LogP contribution in [0.5, 0.6) is 5.75 Å². The Labute approximate surface area is 169 Å². The Hall–Kier alpha value is -2.30. The SMILES string of the molecule is C=CCC(O)(CC=C)c1ccc(CN(Cc2ccccc2OC)C(C)CC)o1. The van der Waals surface area contributed by atoms with Crippen molar-refractivity contribution in [2.45, 2.75) is 57.8 Å². The van der Waals surface area contributed by atoms with Crippen molar-refractivity contribution in [1.29, 1.82) is 0 Å². The van der Waals surface area contributed by atoms with Crippen LogP contribution >= 0.6 is 0 Å². The highest BCUT2D eigenvalue weighted by Gasteiger charge is 2.30. The monoisotopic (exact) mass is 383 g/mol. The molecular formula is C24H33NO3. The van der Waals surface area contributed by atoms with Gasteiger partial charge in [-0.05, 0) is 31.5 Å². The first-order valence-electron chi connectivity index (χ1n) is 9.86. The van der Waals surface area contributed by atoms with Crippen molar-refractivity contribution in [3.05, 3.63) is 78.8 Å². The first-order chi connectivity index (χ1) is 13.5. The first-order valence-corrected chi connectivity index (χ1v) is 9.86. The Balaban J connectivity index is 2.22. The molecule has 1 aromatic heterocycles. The summed E-state index contributed by atoms with van der Waals surface area (Å²) in [6.07, 6.45) is 5.28. The molecule has 1 unspecified atom stereocenters. The van der Waals surface area contributed by atoms with Gasteiger partial charge in [0.15, 0.2) is 0 Å². The molecule has 1 atom stereocenters. The van der Waals surface area contributed by atoms with Crippen LogP contribution in [0.4, 0.5) is 0 Å². The van der Waals surface area contributed by atoms with Crippen molar-refractivity contribution in [2.24, 2.45) is 0 Å². The van der Waals surface area contributed by atoms with Gasteiger partial charge in [0.1, 0.15) is 22.9 Å². The van der Waals surface area contributed by atoms with Crippen LogP contribution in [0.2, 0.25) is 0 Å². The van der Waals surface area contributed by atoms with Crippen molar-refractivity contribution in [2.75, 3.05) is 7.11 Å². The normalized spacial score (nSPS) is 12.8. The maximum Gasteiger partial charge on any atom is 0.136 e. The molecule has 28 heavy (non-hydrogen) atoms. The van der Waals surface area contributed by atoms with E-state index in [1.807, 2.05) is 30.3 Å². The highest BCUT2D eigenvalue weighted by atomic mass is 16.5. The second kappa shape index (κ2) is 10.3. The number of nitrogens with zero attached hydrogens (tertiary/aromatic N) is 1. The summed E-state index contributed by atoms with van der Waals surface area (Å²) in [7, 11) is 1.70. The second-order valence-corrected chi connectivity index (χ2v) is 7.26. The fourth-order valence-corrected chi connectivity index (χ4v) is 3.35. The molecular weight excluding hydrogens is 350 g/mol. The van der Waals surface area contributed by atoms with E-state index in [1.54, 1.807) is 19.3 Å². The number of rotatable bonds is 12. The minimum absolute atomic E-state index is 0.374. The lowest BCUT2D eigenvalue weighted by molar-refractivity contribution is 0.0183. The van der Waals surface area contributed by atoms with E-state index < -0.39 is 5.60 Å². The second-order valence-electron chi connectivity index (χ2n) is 7.26. The Morgan fingerprint density at radius 3 is 2.43 bits per heavy atom. The van der Waals surface area contributed by atoms with Crippen LogP contribution in [-0.4, -0.2) is 23.2 Å². The molecule has 0 bridgehead atoms. The van der Waals surface area contributed by atoms with Crippen LogP contribution in [0, 0.1) is 0 Å². The maximum absolute atomic E-state index is 10.9. The van der Waals surface area contributed by atoms with Gasteiger partial charge < -0.3 is 14.3 Å². The van der Waals surface area contributed by atoms with E-state index in [2.05, 4.69) is 38.0 Å². The summed E-state index contributed by atoms with van der Waals surface area (Å²) in [4.78, 5) is 2.36. The smallest absolute Gasteiger partial charge is 0.136 e. The maximum atomic E-state index is 10.9. The summed E-state index contributed by atoms with van der Waals surface area (Å²) < 4.78 is 11.6. The number of benzene rings is 1. The van der Waals surface area contributed by atoms with Gasteiger partial charge in [-0.15, -0.1) is 13.2 Å². The average molecular weight is 384 g/mol. The van der Waals surface area contributed by atoms with E-state index >= 15 is 0 Å². The Morgan fingerprint density at radius 1 is 1.14 bits per heavy atom. The fourth-order valence-electron chi connectivity index (χ4n) is 3.35. The third-order valence-corrected chi connectivity index (χ3v) is 5.22. The third-order valence-electron chi connectivity index (χ3n) is 5.22. The summed E-state index contributed by atoms with van der Waals surface area (Å²) in [6.45, 7) is 13.3. The molecule has 152 valence electrons. The lowest BCUT2D eigenvalue weighted by Gasteiger charge is -2.28. The van der Waals surface area contributed by atoms with Crippen LogP contribution in [0.1, 0.15) is 50.2 Å². The van der Waals surface area contributed by atoms with Crippen molar-refractivity contribution in [1.82, 2.24) is 4.90 Å². The number of para-hydroxylation sites is 1. The summed E-state index contributed by atoms with van der Waals surface area (Å²) in [5.41, 5.74) is 0.0536. The van der Waals surface area contributed by atoms with Gasteiger partial charge in [-0.3, -0.25) is 4.90 Å². The van der Waals surface area contributed by atoms with Gasteiger partial charge in [0, 0.05) is 31.0 Å². The first kappa shape index (κ1) is 22.0. The van der Waals surface area contributed by atoms with Gasteiger partial charge in [-0.25, -0.2) is 0 Å². The van der Waals surface area contributed by atoms with Crippen LogP contribution < -0.4 is 4.74 Å². The zero-order chi connectivity index (χ0) is 20.6. The van der Waals surface area contributed by atoms with Gasteiger partial charge in [0.05, 0.1) is 13.7 Å². The number of hydrogen-bond acceptors (Lipinski definition) is 4. The summed E-state index contributed by atoms with van der Waals surface area (Å²) in [5, 5.41) is 10.9. The van der Waals surface area contributed by atoms with Crippen LogP contribution in [0.15, 0.2) is 66.1 Å². The largest absolute Gasteiger partial charge is 0.496 e. The standard InChI is InChI=1S/C24H33NO3/c1-6-15-24(26,16-7-2)23-14-13-21(28-23)18-25(19(4)8-3)17-20-11-9-10-12-22(20)27-5/h6-7,9-14,19,26H,1-2,8,15-18H2,3-5H3. The van der Waals surface area contributed by atoms with Crippen molar-refractivity contribution < 1.29 is 14.3 Å². The molecule has 2 aromatic rings. The molecule has 0 fully saturated rings. The van der Waals surface area contributed by atoms with E-state index in [0.29, 0.717) is 31.2 Å². The predicted octanol–water partition coefficient (Wildman–Crippen LogP) is 5.43. The van der Waals surface area contributed by atoms with Gasteiger partial charge in [0.2, 0.25) is 0 Å². The zero-order valence-electron chi connectivity index (χ0n) is 17.4. The quantitative estimate of drug-likeness (QED) is 0.497. The van der Waals surface area contributed by atoms with Crippen molar-refractivity contribution >= 4 is 0 Å². The van der Waals surface area contributed by atoms with Crippen LogP contribution in [0.25, 0.3) is 0 Å². The number of aliphatic hydroxyl groups is 1. The number of furan rings is 1. The van der Waals surface area contributed by atoms with Gasteiger partial charge in [-0.1, -0.05) is 37.3 Å². The topological polar surface area (TPSA) is 45.8 Å². The molecule has 0 aliphatic carbocycles. The van der Waals surface area contributed by atoms with E-state index in [-0.39, 0.29) is 0 Å². The molecule has 0 aliphatic rings. The average Bonchev–Trinajstić information content (AvgIpc) is 3.17. The van der Waals surface area contributed by atoms with Crippen molar-refractivity contribution in [3.8, 4) is 5.75 Å². The molecule has 4 heteroatoms. The molecule has 0 radical (unpaired) electrons. The van der Waals surface area contributed by atoms with Gasteiger partial charge >= 0.3 is 0 Å². The van der Waals surface area contributed by atoms with E-state index in [0.717, 1.165) is 30.0 Å². The molecule has 0 aliphatic heterocycles. The highest BCUT2D eigenvalue weighted by Crippen LogP contribution is 2.32. The number of hydrogen-bond donors (Lipinski definition) is 1. The Kier molecular flexibility index (Phi) is 8.09. The lowest BCUT2D eigenvalue weighted by Crippen LogP contribution is -2.31. The summed E-state index contributed by atoms with van der Waals surface area (Å²) in [6, 6.07) is 12.3. The molecule has 1 heterocycles. The Morgan fingerprint density at radius 2 is 1.82 bits per heavy atom. The zero-order valence-corrected chi connectivity index (χ0v) is 17.4. The van der Waals surface area contributed by atoms with Gasteiger partial charge in [-0.2, -0.15) is 0 Å². The van der Waals surface area contributed by atoms with E-state index in [4.69, 9.17) is 9.15 Å². The molecule has 2 rings (SSSR count). The van der Waals surface area contributed by atoms with Crippen molar-refractivity contribution in [3.63, 3.8) is 0 Å². The molecule has 0 saturated heterocycles. The fraction of sp³-hybridized carbons (Fsp3) is 0.417. The molecule has 0 saturated carbocycles. The van der Waals surface area contributed by atoms with E-state index in [1.165, 1.54) is 0 Å². The summed E-state index contributed by atoms with van der Waals surface area (Å²) in [5.74, 6) is 2.28. The van der Waals surface area contributed by atoms with Crippen LogP contribution in [0.3, 0.4) is 0 Å². The Bertz CT molecular complexity index is 755.